The minimum absolute atomic E-state index is 0.0214. The molecule has 2 unspecified atom stereocenters. The number of aliphatic hydroxyl groups excluding tert-OH is 1. The maximum Gasteiger partial charge on any atom is 0.341 e. The van der Waals surface area contributed by atoms with Gasteiger partial charge in [0, 0.05) is 18.7 Å². The number of ether oxygens (including phenoxy) is 4. The van der Waals surface area contributed by atoms with Crippen LogP contribution in [0.1, 0.15) is 24.2 Å². The van der Waals surface area contributed by atoms with Crippen molar-refractivity contribution in [1.29, 1.82) is 0 Å². The number of esters is 1. The van der Waals surface area contributed by atoms with E-state index in [0.717, 1.165) is 0 Å². The number of aliphatic hydroxyl groups is 1. The number of rotatable bonds is 8. The van der Waals surface area contributed by atoms with Crippen molar-refractivity contribution < 1.29 is 28.8 Å². The zero-order chi connectivity index (χ0) is 19.2. The lowest BCUT2D eigenvalue weighted by molar-refractivity contribution is -0.183. The molecule has 1 N–H and O–H groups in total. The molecule has 0 bridgehead atoms. The molecule has 140 valence electrons. The van der Waals surface area contributed by atoms with Crippen LogP contribution in [-0.4, -0.2) is 38.0 Å². The van der Waals surface area contributed by atoms with E-state index in [4.69, 9.17) is 18.9 Å². The predicted molar refractivity (Wildman–Crippen MR) is 96.2 cm³/mol. The Morgan fingerprint density at radius 3 is 2.35 bits per heavy atom. The van der Waals surface area contributed by atoms with E-state index in [1.807, 2.05) is 6.07 Å². The van der Waals surface area contributed by atoms with Gasteiger partial charge in [-0.15, -0.1) is 0 Å². The molecular weight excluding hydrogens is 336 g/mol. The van der Waals surface area contributed by atoms with Crippen molar-refractivity contribution >= 4 is 5.97 Å². The molecule has 0 aliphatic carbocycles. The molecule has 0 aliphatic heterocycles. The van der Waals surface area contributed by atoms with Crippen molar-refractivity contribution in [1.82, 2.24) is 0 Å². The Hall–Kier alpha value is -2.57. The van der Waals surface area contributed by atoms with Crippen LogP contribution in [0.5, 0.6) is 11.5 Å². The van der Waals surface area contributed by atoms with E-state index in [9.17, 15) is 9.90 Å². The van der Waals surface area contributed by atoms with Gasteiger partial charge in [-0.1, -0.05) is 30.3 Å². The van der Waals surface area contributed by atoms with Crippen LogP contribution in [0.2, 0.25) is 0 Å². The van der Waals surface area contributed by atoms with E-state index in [0.29, 0.717) is 22.6 Å². The Morgan fingerprint density at radius 2 is 1.77 bits per heavy atom. The summed E-state index contributed by atoms with van der Waals surface area (Å²) in [7, 11) is 4.45. The second-order valence-corrected chi connectivity index (χ2v) is 5.88. The average molecular weight is 360 g/mol. The Kier molecular flexibility index (Phi) is 6.60. The summed E-state index contributed by atoms with van der Waals surface area (Å²) in [5.41, 5.74) is -0.300. The lowest BCUT2D eigenvalue weighted by atomic mass is 9.92. The molecule has 2 aromatic carbocycles. The van der Waals surface area contributed by atoms with Crippen molar-refractivity contribution in [2.24, 2.45) is 0 Å². The van der Waals surface area contributed by atoms with Gasteiger partial charge < -0.3 is 24.1 Å². The fourth-order valence-electron chi connectivity index (χ4n) is 2.52. The van der Waals surface area contributed by atoms with Gasteiger partial charge >= 0.3 is 5.97 Å². The van der Waals surface area contributed by atoms with Crippen LogP contribution in [0.25, 0.3) is 0 Å². The summed E-state index contributed by atoms with van der Waals surface area (Å²) in [5.74, 6) is 0.507. The van der Waals surface area contributed by atoms with E-state index in [1.54, 1.807) is 49.6 Å². The highest BCUT2D eigenvalue weighted by molar-refractivity contribution is 5.80. The molecule has 0 spiro atoms. The summed E-state index contributed by atoms with van der Waals surface area (Å²) < 4.78 is 21.2. The van der Waals surface area contributed by atoms with Gasteiger partial charge in [0.15, 0.2) is 5.60 Å². The first-order valence-corrected chi connectivity index (χ1v) is 8.12. The number of hydrogen-bond donors (Lipinski definition) is 1. The second kappa shape index (κ2) is 8.69. The quantitative estimate of drug-likeness (QED) is 0.730. The first kappa shape index (κ1) is 19.8. The number of carbonyl (C=O) groups excluding carboxylic acids is 1. The minimum Gasteiger partial charge on any atom is -0.497 e. The number of carbonyl (C=O) groups is 1. The fraction of sp³-hybridized carbons (Fsp3) is 0.350. The van der Waals surface area contributed by atoms with Crippen LogP contribution in [0, 0.1) is 0 Å². The fourth-order valence-corrected chi connectivity index (χ4v) is 2.52. The van der Waals surface area contributed by atoms with Gasteiger partial charge in [0.1, 0.15) is 24.2 Å². The van der Waals surface area contributed by atoms with Crippen LogP contribution < -0.4 is 9.47 Å². The maximum absolute atomic E-state index is 12.6. The largest absolute Gasteiger partial charge is 0.497 e. The zero-order valence-electron chi connectivity index (χ0n) is 15.4. The second-order valence-electron chi connectivity index (χ2n) is 5.88. The highest BCUT2D eigenvalue weighted by Crippen LogP contribution is 2.31. The molecule has 26 heavy (non-hydrogen) atoms. The van der Waals surface area contributed by atoms with Crippen molar-refractivity contribution in [2.75, 3.05) is 21.3 Å². The first-order valence-electron chi connectivity index (χ1n) is 8.12. The van der Waals surface area contributed by atoms with Gasteiger partial charge in [-0.05, 0) is 24.6 Å². The molecule has 0 fully saturated rings. The topological polar surface area (TPSA) is 74.2 Å². The molecule has 6 nitrogen and oxygen atoms in total. The maximum atomic E-state index is 12.6. The molecular formula is C20H24O6. The Morgan fingerprint density at radius 1 is 1.08 bits per heavy atom. The van der Waals surface area contributed by atoms with Gasteiger partial charge in [0.25, 0.3) is 0 Å². The molecule has 0 aliphatic rings. The van der Waals surface area contributed by atoms with Crippen molar-refractivity contribution in [3.63, 3.8) is 0 Å². The van der Waals surface area contributed by atoms with Crippen LogP contribution in [-0.2, 0) is 20.9 Å². The third-order valence-electron chi connectivity index (χ3n) is 4.32. The van der Waals surface area contributed by atoms with Crippen LogP contribution in [0.15, 0.2) is 48.5 Å². The van der Waals surface area contributed by atoms with Gasteiger partial charge in [0.05, 0.1) is 14.2 Å². The molecule has 0 heterocycles. The molecule has 0 saturated heterocycles. The molecule has 6 heteroatoms. The number of hydrogen-bond acceptors (Lipinski definition) is 6. The highest BCUT2D eigenvalue weighted by atomic mass is 16.6. The van der Waals surface area contributed by atoms with Gasteiger partial charge in [-0.25, -0.2) is 4.79 Å². The van der Waals surface area contributed by atoms with Crippen molar-refractivity contribution in [2.45, 2.75) is 25.2 Å². The van der Waals surface area contributed by atoms with Crippen molar-refractivity contribution in [3.05, 3.63) is 59.7 Å². The Bertz CT molecular complexity index is 730. The van der Waals surface area contributed by atoms with Crippen molar-refractivity contribution in [3.8, 4) is 11.5 Å². The third-order valence-corrected chi connectivity index (χ3v) is 4.32. The zero-order valence-corrected chi connectivity index (χ0v) is 15.4. The molecule has 0 aromatic heterocycles. The highest BCUT2D eigenvalue weighted by Gasteiger charge is 2.43. The van der Waals surface area contributed by atoms with E-state index >= 15 is 0 Å². The lowest BCUT2D eigenvalue weighted by Crippen LogP contribution is -2.44. The third kappa shape index (κ3) is 4.15. The number of benzene rings is 2. The van der Waals surface area contributed by atoms with Crippen LogP contribution in [0.4, 0.5) is 0 Å². The summed E-state index contributed by atoms with van der Waals surface area (Å²) >= 11 is 0. The predicted octanol–water partition coefficient (Wildman–Crippen LogP) is 2.89. The van der Waals surface area contributed by atoms with Gasteiger partial charge in [-0.2, -0.15) is 0 Å². The number of methoxy groups -OCH3 is 3. The van der Waals surface area contributed by atoms with E-state index in [-0.39, 0.29) is 6.61 Å². The van der Waals surface area contributed by atoms with E-state index < -0.39 is 17.7 Å². The minimum atomic E-state index is -1.54. The normalized spacial score (nSPS) is 14.2. The Balaban J connectivity index is 2.14. The SMILES string of the molecule is COc1ccc(COC(=O)C(C)(OC)C(O)c2ccccc2)c(OC)c1. The lowest BCUT2D eigenvalue weighted by Gasteiger charge is -2.31. The summed E-state index contributed by atoms with van der Waals surface area (Å²) in [6.45, 7) is 1.48. The van der Waals surface area contributed by atoms with Gasteiger partial charge in [0.2, 0.25) is 0 Å². The summed E-state index contributed by atoms with van der Waals surface area (Å²) in [4.78, 5) is 12.6. The van der Waals surface area contributed by atoms with E-state index in [1.165, 1.54) is 21.1 Å². The molecule has 0 amide bonds. The first-order chi connectivity index (χ1) is 12.5. The van der Waals surface area contributed by atoms with Gasteiger partial charge in [-0.3, -0.25) is 0 Å². The van der Waals surface area contributed by atoms with E-state index in [2.05, 4.69) is 0 Å². The molecule has 2 aromatic rings. The summed E-state index contributed by atoms with van der Waals surface area (Å²) in [5, 5.41) is 10.6. The molecule has 2 atom stereocenters. The molecule has 0 radical (unpaired) electrons. The van der Waals surface area contributed by atoms with Crippen LogP contribution >= 0.6 is 0 Å². The summed E-state index contributed by atoms with van der Waals surface area (Å²) in [6.07, 6.45) is -1.17. The smallest absolute Gasteiger partial charge is 0.341 e. The average Bonchev–Trinajstić information content (AvgIpc) is 2.71. The molecule has 2 rings (SSSR count). The molecule has 0 saturated carbocycles. The Labute approximate surface area is 153 Å². The monoisotopic (exact) mass is 360 g/mol. The standard InChI is InChI=1S/C20H24O6/c1-20(25-4,18(21)14-8-6-5-7-9-14)19(22)26-13-15-10-11-16(23-2)12-17(15)24-3/h5-12,18,21H,13H2,1-4H3. The van der Waals surface area contributed by atoms with Crippen LogP contribution in [0.3, 0.4) is 0 Å². The summed E-state index contributed by atoms with van der Waals surface area (Å²) in [6, 6.07) is 14.0.